The van der Waals surface area contributed by atoms with E-state index in [1.165, 1.54) is 11.3 Å². The molecule has 0 aliphatic heterocycles. The molecule has 0 bridgehead atoms. The second-order valence-electron chi connectivity index (χ2n) is 7.08. The van der Waals surface area contributed by atoms with Gasteiger partial charge in [0.15, 0.2) is 5.16 Å². The molecule has 2 aromatic heterocycles. The van der Waals surface area contributed by atoms with E-state index in [-0.39, 0.29) is 34.0 Å². The number of benzene rings is 1. The van der Waals surface area contributed by atoms with Gasteiger partial charge in [-0.2, -0.15) is 5.26 Å². The molecular formula is C20H21N7O2S2. The molecule has 31 heavy (non-hydrogen) atoms. The van der Waals surface area contributed by atoms with Crippen molar-refractivity contribution in [2.24, 2.45) is 0 Å². The number of anilines is 2. The zero-order chi connectivity index (χ0) is 22.5. The second-order valence-corrected chi connectivity index (χ2v) is 9.06. The standard InChI is InChI=1S/C20H21N7O2S2/c1-11(2)18-25-26-20(31-18)22-15(28)10-30-19-23-16(14(9-21)17(29)24-19)12-5-7-13(8-6-12)27(3)4/h5-8,11H,10H2,1-4H3,(H,22,26,28)(H,23,24,29). The Morgan fingerprint density at radius 2 is 2.00 bits per heavy atom. The van der Waals surface area contributed by atoms with Gasteiger partial charge in [0.05, 0.1) is 11.4 Å². The van der Waals surface area contributed by atoms with Crippen molar-refractivity contribution in [3.63, 3.8) is 0 Å². The molecule has 2 heterocycles. The number of carbonyl (C=O) groups excluding carboxylic acids is 1. The molecule has 0 fully saturated rings. The largest absolute Gasteiger partial charge is 0.378 e. The van der Waals surface area contributed by atoms with E-state index in [0.717, 1.165) is 22.5 Å². The predicted octanol–water partition coefficient (Wildman–Crippen LogP) is 3.08. The Bertz CT molecular complexity index is 1180. The smallest absolute Gasteiger partial charge is 0.270 e. The Morgan fingerprint density at radius 1 is 1.29 bits per heavy atom. The van der Waals surface area contributed by atoms with Crippen molar-refractivity contribution in [2.75, 3.05) is 30.1 Å². The zero-order valence-corrected chi connectivity index (χ0v) is 19.1. The average Bonchev–Trinajstić information content (AvgIpc) is 3.20. The van der Waals surface area contributed by atoms with Crippen LogP contribution in [-0.4, -0.2) is 45.9 Å². The number of aromatic amines is 1. The van der Waals surface area contributed by atoms with Gasteiger partial charge in [0.25, 0.3) is 5.56 Å². The first-order valence-corrected chi connectivity index (χ1v) is 11.2. The van der Waals surface area contributed by atoms with Gasteiger partial charge in [-0.25, -0.2) is 4.98 Å². The lowest BCUT2D eigenvalue weighted by atomic mass is 10.1. The molecule has 1 amide bonds. The highest BCUT2D eigenvalue weighted by Gasteiger charge is 2.16. The second kappa shape index (κ2) is 9.72. The third-order valence-corrected chi connectivity index (χ3v) is 6.20. The van der Waals surface area contributed by atoms with E-state index >= 15 is 0 Å². The first kappa shape index (κ1) is 22.5. The summed E-state index contributed by atoms with van der Waals surface area (Å²) in [5.41, 5.74) is 1.30. The Labute approximate surface area is 187 Å². The van der Waals surface area contributed by atoms with Crippen LogP contribution >= 0.6 is 23.1 Å². The van der Waals surface area contributed by atoms with Gasteiger partial charge in [-0.3, -0.25) is 14.9 Å². The van der Waals surface area contributed by atoms with Crippen LogP contribution in [0.4, 0.5) is 10.8 Å². The van der Waals surface area contributed by atoms with Crippen molar-refractivity contribution < 1.29 is 4.79 Å². The van der Waals surface area contributed by atoms with E-state index < -0.39 is 5.56 Å². The van der Waals surface area contributed by atoms with E-state index in [2.05, 4.69) is 25.5 Å². The summed E-state index contributed by atoms with van der Waals surface area (Å²) in [5, 5.41) is 21.6. The first-order chi connectivity index (χ1) is 14.8. The number of nitrogens with one attached hydrogen (secondary N) is 2. The molecule has 1 aromatic carbocycles. The SMILES string of the molecule is CC(C)c1nnc(NC(=O)CSc2nc(-c3ccc(N(C)C)cc3)c(C#N)c(=O)[nH]2)s1. The van der Waals surface area contributed by atoms with Crippen molar-refractivity contribution >= 4 is 39.8 Å². The average molecular weight is 456 g/mol. The zero-order valence-electron chi connectivity index (χ0n) is 17.5. The highest BCUT2D eigenvalue weighted by molar-refractivity contribution is 7.99. The quantitative estimate of drug-likeness (QED) is 0.411. The van der Waals surface area contributed by atoms with Crippen LogP contribution in [0.15, 0.2) is 34.2 Å². The number of nitrogens with zero attached hydrogens (tertiary/aromatic N) is 5. The molecule has 0 atom stereocenters. The molecule has 3 aromatic rings. The van der Waals surface area contributed by atoms with Gasteiger partial charge in [0.1, 0.15) is 16.6 Å². The summed E-state index contributed by atoms with van der Waals surface area (Å²) < 4.78 is 0. The summed E-state index contributed by atoms with van der Waals surface area (Å²) in [6.45, 7) is 4.00. The number of thioether (sulfide) groups is 1. The summed E-state index contributed by atoms with van der Waals surface area (Å²) in [4.78, 5) is 33.6. The molecule has 160 valence electrons. The number of hydrogen-bond donors (Lipinski definition) is 2. The summed E-state index contributed by atoms with van der Waals surface area (Å²) in [7, 11) is 3.85. The van der Waals surface area contributed by atoms with Crippen molar-refractivity contribution in [3.05, 3.63) is 45.2 Å². The van der Waals surface area contributed by atoms with Gasteiger partial charge in [0, 0.05) is 31.3 Å². The van der Waals surface area contributed by atoms with Crippen molar-refractivity contribution in [1.82, 2.24) is 20.2 Å². The first-order valence-electron chi connectivity index (χ1n) is 9.36. The minimum absolute atomic E-state index is 0.0183. The molecule has 0 saturated heterocycles. The topological polar surface area (TPSA) is 128 Å². The molecular weight excluding hydrogens is 434 g/mol. The highest BCUT2D eigenvalue weighted by atomic mass is 32.2. The number of nitriles is 1. The third kappa shape index (κ3) is 5.48. The maximum atomic E-state index is 12.4. The predicted molar refractivity (Wildman–Crippen MR) is 123 cm³/mol. The van der Waals surface area contributed by atoms with E-state index in [9.17, 15) is 14.9 Å². The fraction of sp³-hybridized carbons (Fsp3) is 0.300. The van der Waals surface area contributed by atoms with Gasteiger partial charge >= 0.3 is 0 Å². The van der Waals surface area contributed by atoms with Crippen LogP contribution < -0.4 is 15.8 Å². The summed E-state index contributed by atoms with van der Waals surface area (Å²) >= 11 is 2.40. The number of amides is 1. The molecule has 11 heteroatoms. The fourth-order valence-electron chi connectivity index (χ4n) is 2.56. The highest BCUT2D eigenvalue weighted by Crippen LogP contribution is 2.25. The Kier molecular flexibility index (Phi) is 7.04. The van der Waals surface area contributed by atoms with Crippen molar-refractivity contribution in [1.29, 1.82) is 5.26 Å². The van der Waals surface area contributed by atoms with Gasteiger partial charge < -0.3 is 9.88 Å². The lowest BCUT2D eigenvalue weighted by Gasteiger charge is -2.13. The van der Waals surface area contributed by atoms with Crippen LogP contribution in [0.5, 0.6) is 0 Å². The van der Waals surface area contributed by atoms with Gasteiger partial charge in [-0.05, 0) is 12.1 Å². The van der Waals surface area contributed by atoms with Crippen molar-refractivity contribution in [3.8, 4) is 17.3 Å². The molecule has 0 saturated carbocycles. The minimum atomic E-state index is -0.544. The Morgan fingerprint density at radius 3 is 2.58 bits per heavy atom. The lowest BCUT2D eigenvalue weighted by Crippen LogP contribution is -2.17. The third-order valence-electron chi connectivity index (χ3n) is 4.19. The molecule has 0 unspecified atom stereocenters. The van der Waals surface area contributed by atoms with Gasteiger partial charge in [-0.15, -0.1) is 10.2 Å². The summed E-state index contributed by atoms with van der Waals surface area (Å²) in [6.07, 6.45) is 0. The Balaban J connectivity index is 1.76. The van der Waals surface area contributed by atoms with Crippen LogP contribution in [-0.2, 0) is 4.79 Å². The molecule has 0 spiro atoms. The van der Waals surface area contributed by atoms with Gasteiger partial charge in [0.2, 0.25) is 11.0 Å². The number of carbonyl (C=O) groups is 1. The monoisotopic (exact) mass is 455 g/mol. The molecule has 3 rings (SSSR count). The molecule has 9 nitrogen and oxygen atoms in total. The van der Waals surface area contributed by atoms with E-state index in [4.69, 9.17) is 0 Å². The van der Waals surface area contributed by atoms with Crippen LogP contribution in [0.3, 0.4) is 0 Å². The Hall–Kier alpha value is -3.23. The molecule has 2 N–H and O–H groups in total. The molecule has 0 radical (unpaired) electrons. The number of H-pyrrole nitrogens is 1. The van der Waals surface area contributed by atoms with Crippen LogP contribution in [0.2, 0.25) is 0 Å². The molecule has 0 aliphatic rings. The van der Waals surface area contributed by atoms with Crippen LogP contribution in [0.25, 0.3) is 11.3 Å². The van der Waals surface area contributed by atoms with Crippen molar-refractivity contribution in [2.45, 2.75) is 24.9 Å². The summed E-state index contributed by atoms with van der Waals surface area (Å²) in [6, 6.07) is 9.29. The fourth-order valence-corrected chi connectivity index (χ4v) is 3.98. The van der Waals surface area contributed by atoms with Gasteiger partial charge in [-0.1, -0.05) is 49.1 Å². The maximum absolute atomic E-state index is 12.4. The number of hydrogen-bond acceptors (Lipinski definition) is 9. The maximum Gasteiger partial charge on any atom is 0.270 e. The lowest BCUT2D eigenvalue weighted by molar-refractivity contribution is -0.113. The molecule has 0 aliphatic carbocycles. The normalized spacial score (nSPS) is 10.7. The van der Waals surface area contributed by atoms with E-state index in [1.807, 2.05) is 51.0 Å². The number of aromatic nitrogens is 4. The van der Waals surface area contributed by atoms with Crippen LogP contribution in [0.1, 0.15) is 30.3 Å². The van der Waals surface area contributed by atoms with E-state index in [1.54, 1.807) is 12.1 Å². The number of rotatable bonds is 7. The van der Waals surface area contributed by atoms with E-state index in [0.29, 0.717) is 10.7 Å². The minimum Gasteiger partial charge on any atom is -0.378 e. The summed E-state index contributed by atoms with van der Waals surface area (Å²) in [5.74, 6) is -0.0410. The van der Waals surface area contributed by atoms with Crippen LogP contribution in [0, 0.1) is 11.3 Å².